The minimum absolute atomic E-state index is 0.00128. The Hall–Kier alpha value is -5.27. The lowest BCUT2D eigenvalue weighted by Crippen LogP contribution is -2.69. The van der Waals surface area contributed by atoms with Crippen molar-refractivity contribution in [1.29, 1.82) is 0 Å². The van der Waals surface area contributed by atoms with E-state index in [4.69, 9.17) is 0 Å². The highest BCUT2D eigenvalue weighted by Gasteiger charge is 2.59. The molecule has 1 aliphatic rings. The first-order valence-corrected chi connectivity index (χ1v) is 20.4. The van der Waals surface area contributed by atoms with Crippen molar-refractivity contribution >= 4 is 10.8 Å². The standard InChI is InChI=1S/C53H54N/c1-6-10-18-38-19-16-23-41(32-38)46-34-45(39-20-12-11-13-21-39)35-47(36-46)43-25-17-24-42(33-43)44-27-28-50-49(37-44)51-48-26-15-14-22-40(48)29-31-54(51)53(9-4,30-7-2)52(50,5)8-3/h11-17,19-29,31-37H,6-10,18,30H2,1-5H3/q+1. The first-order chi connectivity index (χ1) is 26.4. The maximum atomic E-state index is 2.69. The van der Waals surface area contributed by atoms with Crippen LogP contribution in [0.4, 0.5) is 0 Å². The molecule has 0 bridgehead atoms. The second-order valence-electron chi connectivity index (χ2n) is 15.8. The van der Waals surface area contributed by atoms with E-state index in [1.807, 2.05) is 0 Å². The number of fused-ring (bicyclic) bond motifs is 5. The van der Waals surface area contributed by atoms with Gasteiger partial charge in [-0.3, -0.25) is 0 Å². The lowest BCUT2D eigenvalue weighted by atomic mass is 9.58. The van der Waals surface area contributed by atoms with Gasteiger partial charge in [-0.1, -0.05) is 137 Å². The molecule has 1 aliphatic heterocycles. The Balaban J connectivity index is 1.28. The van der Waals surface area contributed by atoms with Crippen LogP contribution in [0.1, 0.15) is 84.3 Å². The smallest absolute Gasteiger partial charge is 0.191 e. The molecular formula is C53H54N+. The number of aromatic nitrogens is 1. The third-order valence-corrected chi connectivity index (χ3v) is 12.8. The number of benzene rings is 6. The number of hydrogen-bond donors (Lipinski definition) is 0. The zero-order chi connectivity index (χ0) is 37.3. The zero-order valence-corrected chi connectivity index (χ0v) is 32.8. The largest absolute Gasteiger partial charge is 0.221 e. The Morgan fingerprint density at radius 3 is 1.81 bits per heavy atom. The lowest BCUT2D eigenvalue weighted by Gasteiger charge is -2.48. The van der Waals surface area contributed by atoms with Gasteiger partial charge in [0.2, 0.25) is 5.69 Å². The van der Waals surface area contributed by atoms with Gasteiger partial charge in [0.25, 0.3) is 0 Å². The fourth-order valence-electron chi connectivity index (χ4n) is 9.76. The first-order valence-electron chi connectivity index (χ1n) is 20.4. The van der Waals surface area contributed by atoms with E-state index >= 15 is 0 Å². The number of nitrogens with zero attached hydrogens (tertiary/aromatic N) is 1. The van der Waals surface area contributed by atoms with Crippen molar-refractivity contribution in [1.82, 2.24) is 0 Å². The van der Waals surface area contributed by atoms with E-state index in [0.29, 0.717) is 0 Å². The van der Waals surface area contributed by atoms with Gasteiger partial charge >= 0.3 is 0 Å². The molecule has 54 heavy (non-hydrogen) atoms. The summed E-state index contributed by atoms with van der Waals surface area (Å²) in [7, 11) is 0. The van der Waals surface area contributed by atoms with Crippen molar-refractivity contribution in [3.63, 3.8) is 0 Å². The molecule has 270 valence electrons. The topological polar surface area (TPSA) is 3.88 Å². The summed E-state index contributed by atoms with van der Waals surface area (Å²) in [4.78, 5) is 0. The van der Waals surface area contributed by atoms with Gasteiger partial charge in [0.15, 0.2) is 11.7 Å². The SMILES string of the molecule is CCCCc1cccc(-c2cc(-c3ccccc3)cc(-c3cccc(-c4ccc5c(c4)-c4c6ccccc6cc[n+]4C(CC)(CCC)C5(C)CC)c3)c2)c1. The van der Waals surface area contributed by atoms with Crippen LogP contribution in [0.3, 0.4) is 0 Å². The number of hydrogen-bond acceptors (Lipinski definition) is 0. The van der Waals surface area contributed by atoms with Crippen LogP contribution < -0.4 is 4.57 Å². The van der Waals surface area contributed by atoms with E-state index < -0.39 is 0 Å². The van der Waals surface area contributed by atoms with Crippen LogP contribution in [0.15, 0.2) is 152 Å². The zero-order valence-electron chi connectivity index (χ0n) is 32.8. The summed E-state index contributed by atoms with van der Waals surface area (Å²) in [6.07, 6.45) is 10.4. The van der Waals surface area contributed by atoms with E-state index in [-0.39, 0.29) is 11.0 Å². The normalized spacial score (nSPS) is 17.6. The maximum absolute atomic E-state index is 2.69. The highest BCUT2D eigenvalue weighted by atomic mass is 15.1. The van der Waals surface area contributed by atoms with Gasteiger partial charge in [-0.05, 0) is 130 Å². The molecule has 2 atom stereocenters. The minimum atomic E-state index is -0.00425. The highest BCUT2D eigenvalue weighted by molar-refractivity contribution is 5.95. The molecule has 0 spiro atoms. The summed E-state index contributed by atoms with van der Waals surface area (Å²) >= 11 is 0. The fraction of sp³-hybridized carbons (Fsp3) is 0.264. The average Bonchev–Trinajstić information content (AvgIpc) is 3.24. The predicted octanol–water partition coefficient (Wildman–Crippen LogP) is 14.4. The van der Waals surface area contributed by atoms with Crippen molar-refractivity contribution < 1.29 is 4.57 Å². The Kier molecular flexibility index (Phi) is 9.84. The molecule has 7 aromatic rings. The van der Waals surface area contributed by atoms with Crippen molar-refractivity contribution in [3.05, 3.63) is 163 Å². The van der Waals surface area contributed by atoms with E-state index in [1.165, 1.54) is 90.5 Å². The molecule has 0 fully saturated rings. The van der Waals surface area contributed by atoms with Crippen LogP contribution in [0, 0.1) is 0 Å². The Bertz CT molecular complexity index is 2440. The first kappa shape index (κ1) is 35.7. The summed E-state index contributed by atoms with van der Waals surface area (Å²) in [5.41, 5.74) is 15.6. The summed E-state index contributed by atoms with van der Waals surface area (Å²) < 4.78 is 2.69. The van der Waals surface area contributed by atoms with E-state index in [0.717, 1.165) is 32.1 Å². The van der Waals surface area contributed by atoms with Crippen LogP contribution in [0.5, 0.6) is 0 Å². The summed E-state index contributed by atoms with van der Waals surface area (Å²) in [6.45, 7) is 12.0. The van der Waals surface area contributed by atoms with E-state index in [2.05, 4.69) is 191 Å². The van der Waals surface area contributed by atoms with Gasteiger partial charge in [-0.15, -0.1) is 0 Å². The average molecular weight is 705 g/mol. The van der Waals surface area contributed by atoms with Gasteiger partial charge < -0.3 is 0 Å². The van der Waals surface area contributed by atoms with Crippen LogP contribution >= 0.6 is 0 Å². The molecule has 0 saturated heterocycles. The maximum Gasteiger partial charge on any atom is 0.221 e. The van der Waals surface area contributed by atoms with Crippen molar-refractivity contribution in [2.45, 2.75) is 90.5 Å². The third-order valence-electron chi connectivity index (χ3n) is 12.8. The molecule has 0 radical (unpaired) electrons. The van der Waals surface area contributed by atoms with E-state index in [9.17, 15) is 0 Å². The van der Waals surface area contributed by atoms with Crippen LogP contribution in [0.25, 0.3) is 66.5 Å². The number of pyridine rings is 1. The molecule has 1 nitrogen and oxygen atoms in total. The molecule has 6 aromatic carbocycles. The van der Waals surface area contributed by atoms with Gasteiger partial charge in [0.1, 0.15) is 0 Å². The van der Waals surface area contributed by atoms with Crippen LogP contribution in [0.2, 0.25) is 0 Å². The highest BCUT2D eigenvalue weighted by Crippen LogP contribution is 2.53. The molecule has 8 rings (SSSR count). The van der Waals surface area contributed by atoms with Gasteiger partial charge in [-0.2, -0.15) is 4.57 Å². The molecular weight excluding hydrogens is 651 g/mol. The summed E-state index contributed by atoms with van der Waals surface area (Å²) in [5.74, 6) is 0. The molecule has 1 heteroatoms. The number of unbranched alkanes of at least 4 members (excludes halogenated alkanes) is 1. The fourth-order valence-corrected chi connectivity index (χ4v) is 9.76. The van der Waals surface area contributed by atoms with Crippen molar-refractivity contribution in [2.75, 3.05) is 0 Å². The molecule has 0 saturated carbocycles. The quantitative estimate of drug-likeness (QED) is 0.118. The number of rotatable bonds is 11. The van der Waals surface area contributed by atoms with Crippen molar-refractivity contribution in [2.24, 2.45) is 0 Å². The Morgan fingerprint density at radius 2 is 1.11 bits per heavy atom. The molecule has 0 N–H and O–H groups in total. The van der Waals surface area contributed by atoms with Gasteiger partial charge in [-0.25, -0.2) is 0 Å². The van der Waals surface area contributed by atoms with E-state index in [1.54, 1.807) is 0 Å². The number of aryl methyl sites for hydroxylation is 1. The van der Waals surface area contributed by atoms with Crippen LogP contribution in [-0.4, -0.2) is 0 Å². The second-order valence-corrected chi connectivity index (χ2v) is 15.8. The molecule has 1 aromatic heterocycles. The monoisotopic (exact) mass is 704 g/mol. The molecule has 2 heterocycles. The van der Waals surface area contributed by atoms with Crippen molar-refractivity contribution in [3.8, 4) is 55.8 Å². The van der Waals surface area contributed by atoms with Gasteiger partial charge in [0.05, 0.1) is 16.4 Å². The molecule has 0 amide bonds. The summed E-state index contributed by atoms with van der Waals surface area (Å²) in [6, 6.07) is 55.0. The predicted molar refractivity (Wildman–Crippen MR) is 231 cm³/mol. The Labute approximate surface area is 323 Å². The van der Waals surface area contributed by atoms with Crippen LogP contribution in [-0.2, 0) is 17.4 Å². The third kappa shape index (κ3) is 6.08. The minimum Gasteiger partial charge on any atom is -0.191 e. The lowest BCUT2D eigenvalue weighted by molar-refractivity contribution is -0.769. The molecule has 0 aliphatic carbocycles. The Morgan fingerprint density at radius 1 is 0.500 bits per heavy atom. The molecule has 2 unspecified atom stereocenters. The summed E-state index contributed by atoms with van der Waals surface area (Å²) in [5, 5.41) is 2.64. The van der Waals surface area contributed by atoms with Gasteiger partial charge in [0, 0.05) is 18.9 Å². The second kappa shape index (κ2) is 14.9.